The molecule has 1 aromatic heterocycles. The Hall–Kier alpha value is -3.38. The topological polar surface area (TPSA) is 94.7 Å². The van der Waals surface area contributed by atoms with Gasteiger partial charge in [-0.2, -0.15) is 13.2 Å². The van der Waals surface area contributed by atoms with Crippen LogP contribution in [0.3, 0.4) is 0 Å². The van der Waals surface area contributed by atoms with E-state index in [0.717, 1.165) is 24.4 Å². The average Bonchev–Trinajstić information content (AvgIpc) is 3.39. The van der Waals surface area contributed by atoms with Gasteiger partial charge in [0.25, 0.3) is 5.91 Å². The fourth-order valence-corrected chi connectivity index (χ4v) is 5.29. The molecule has 2 aromatic carbocycles. The molecule has 0 unspecified atom stereocenters. The van der Waals surface area contributed by atoms with Crippen LogP contribution in [0.15, 0.2) is 36.4 Å². The highest BCUT2D eigenvalue weighted by atomic mass is 35.5. The van der Waals surface area contributed by atoms with Crippen molar-refractivity contribution in [1.29, 1.82) is 0 Å². The number of carbonyl (C=O) groups is 2. The maximum atomic E-state index is 12.9. The van der Waals surface area contributed by atoms with Gasteiger partial charge in [-0.1, -0.05) is 22.9 Å². The van der Waals surface area contributed by atoms with Gasteiger partial charge in [-0.15, -0.1) is 5.10 Å². The summed E-state index contributed by atoms with van der Waals surface area (Å²) >= 11 is 5.74. The fraction of sp³-hybridized carbons (Fsp3) is 0.440. The molecule has 3 aromatic rings. The van der Waals surface area contributed by atoms with Gasteiger partial charge in [0.1, 0.15) is 12.1 Å². The van der Waals surface area contributed by atoms with Crippen molar-refractivity contribution in [3.05, 3.63) is 58.1 Å². The molecule has 3 heterocycles. The number of amides is 2. The zero-order chi connectivity index (χ0) is 26.9. The van der Waals surface area contributed by atoms with Crippen molar-refractivity contribution >= 4 is 34.6 Å². The van der Waals surface area contributed by atoms with Crippen LogP contribution in [0.25, 0.3) is 11.0 Å². The fourth-order valence-electron chi connectivity index (χ4n) is 4.98. The van der Waals surface area contributed by atoms with Gasteiger partial charge < -0.3 is 14.5 Å². The SMILES string of the molecule is O=C(OCc1ccc(C(F)(F)F)c(Cl)c1)N1CCN(C2CCN(C(=O)c3ccc4[nH]nnc4c3)CC2)CC1. The molecule has 202 valence electrons. The van der Waals surface area contributed by atoms with E-state index in [1.165, 1.54) is 12.1 Å². The molecular formula is C25H26ClF3N6O3. The van der Waals surface area contributed by atoms with Crippen LogP contribution in [0.2, 0.25) is 5.02 Å². The summed E-state index contributed by atoms with van der Waals surface area (Å²) in [5, 5.41) is 10.1. The standard InChI is InChI=1S/C25H26ClF3N6O3/c26-20-13-16(1-3-19(20)25(27,28)29)15-38-24(37)35-11-9-33(10-12-35)18-5-7-34(8-6-18)23(36)17-2-4-21-22(14-17)31-32-30-21/h1-4,13-14,18H,5-12,15H2,(H,30,31,32). The molecule has 1 N–H and O–H groups in total. The summed E-state index contributed by atoms with van der Waals surface area (Å²) in [5.74, 6) is -0.0183. The molecular weight excluding hydrogens is 525 g/mol. The first-order valence-corrected chi connectivity index (χ1v) is 12.7. The van der Waals surface area contributed by atoms with E-state index in [0.29, 0.717) is 62.0 Å². The van der Waals surface area contributed by atoms with Gasteiger partial charge in [-0.3, -0.25) is 14.8 Å². The summed E-state index contributed by atoms with van der Waals surface area (Å²) in [4.78, 5) is 31.2. The number of likely N-dealkylation sites (tertiary alicyclic amines) is 1. The molecule has 0 spiro atoms. The molecule has 5 rings (SSSR count). The van der Waals surface area contributed by atoms with Crippen molar-refractivity contribution in [2.75, 3.05) is 39.3 Å². The Balaban J connectivity index is 1.06. The Morgan fingerprint density at radius 3 is 2.42 bits per heavy atom. The molecule has 0 saturated carbocycles. The number of piperidine rings is 1. The highest BCUT2D eigenvalue weighted by molar-refractivity contribution is 6.31. The first-order valence-electron chi connectivity index (χ1n) is 12.3. The van der Waals surface area contributed by atoms with E-state index in [4.69, 9.17) is 16.3 Å². The lowest BCUT2D eigenvalue weighted by Crippen LogP contribution is -2.54. The van der Waals surface area contributed by atoms with Gasteiger partial charge in [0, 0.05) is 50.9 Å². The molecule has 0 aliphatic carbocycles. The van der Waals surface area contributed by atoms with Gasteiger partial charge in [0.15, 0.2) is 0 Å². The normalized spacial score (nSPS) is 17.7. The van der Waals surface area contributed by atoms with E-state index in [9.17, 15) is 22.8 Å². The zero-order valence-corrected chi connectivity index (χ0v) is 21.1. The molecule has 13 heteroatoms. The largest absolute Gasteiger partial charge is 0.445 e. The number of aromatic nitrogens is 3. The van der Waals surface area contributed by atoms with E-state index in [1.807, 2.05) is 4.90 Å². The summed E-state index contributed by atoms with van der Waals surface area (Å²) in [6.07, 6.45) is -3.36. The smallest absolute Gasteiger partial charge is 0.417 e. The molecule has 0 bridgehead atoms. The van der Waals surface area contributed by atoms with Gasteiger partial charge in [0.05, 0.1) is 16.1 Å². The summed E-state index contributed by atoms with van der Waals surface area (Å²) in [7, 11) is 0. The number of carbonyl (C=O) groups excluding carboxylic acids is 2. The highest BCUT2D eigenvalue weighted by Crippen LogP contribution is 2.35. The van der Waals surface area contributed by atoms with Crippen LogP contribution in [0.5, 0.6) is 0 Å². The molecule has 2 amide bonds. The number of rotatable bonds is 4. The second-order valence-electron chi connectivity index (χ2n) is 9.46. The van der Waals surface area contributed by atoms with Crippen LogP contribution < -0.4 is 0 Å². The minimum Gasteiger partial charge on any atom is -0.445 e. The summed E-state index contributed by atoms with van der Waals surface area (Å²) < 4.78 is 43.9. The van der Waals surface area contributed by atoms with Crippen LogP contribution in [0.4, 0.5) is 18.0 Å². The summed E-state index contributed by atoms with van der Waals surface area (Å²) in [6.45, 7) is 3.49. The number of hydrogen-bond donors (Lipinski definition) is 1. The predicted octanol–water partition coefficient (Wildman–Crippen LogP) is 4.19. The Bertz CT molecular complexity index is 1320. The molecule has 2 saturated heterocycles. The number of fused-ring (bicyclic) bond motifs is 1. The van der Waals surface area contributed by atoms with Gasteiger partial charge >= 0.3 is 12.3 Å². The van der Waals surface area contributed by atoms with E-state index in [1.54, 1.807) is 23.1 Å². The second-order valence-corrected chi connectivity index (χ2v) is 9.86. The minimum atomic E-state index is -4.54. The van der Waals surface area contributed by atoms with Crippen molar-refractivity contribution in [3.63, 3.8) is 0 Å². The molecule has 9 nitrogen and oxygen atoms in total. The second kappa shape index (κ2) is 10.8. The number of aromatic amines is 1. The third kappa shape index (κ3) is 5.70. The Kier molecular flexibility index (Phi) is 7.44. The number of nitrogens with zero attached hydrogens (tertiary/aromatic N) is 5. The highest BCUT2D eigenvalue weighted by Gasteiger charge is 2.33. The lowest BCUT2D eigenvalue weighted by molar-refractivity contribution is -0.137. The minimum absolute atomic E-state index is 0.0183. The van der Waals surface area contributed by atoms with Crippen LogP contribution >= 0.6 is 11.6 Å². The number of nitrogens with one attached hydrogen (secondary N) is 1. The number of hydrogen-bond acceptors (Lipinski definition) is 6. The molecule has 2 fully saturated rings. The van der Waals surface area contributed by atoms with Gasteiger partial charge in [0.2, 0.25) is 0 Å². The van der Waals surface area contributed by atoms with Crippen LogP contribution in [0, 0.1) is 0 Å². The van der Waals surface area contributed by atoms with Crippen molar-refractivity contribution in [2.24, 2.45) is 0 Å². The third-order valence-corrected chi connectivity index (χ3v) is 7.43. The number of benzene rings is 2. The number of ether oxygens (including phenoxy) is 1. The van der Waals surface area contributed by atoms with E-state index in [-0.39, 0.29) is 12.5 Å². The Labute approximate surface area is 221 Å². The molecule has 0 radical (unpaired) electrons. The van der Waals surface area contributed by atoms with E-state index < -0.39 is 22.9 Å². The molecule has 2 aliphatic heterocycles. The summed E-state index contributed by atoms with van der Waals surface area (Å²) in [6, 6.07) is 8.96. The molecule has 2 aliphatic rings. The maximum absolute atomic E-state index is 12.9. The maximum Gasteiger partial charge on any atom is 0.417 e. The van der Waals surface area contributed by atoms with Gasteiger partial charge in [-0.25, -0.2) is 4.79 Å². The average molecular weight is 551 g/mol. The first-order chi connectivity index (χ1) is 18.2. The van der Waals surface area contributed by atoms with Gasteiger partial charge in [-0.05, 0) is 48.7 Å². The monoisotopic (exact) mass is 550 g/mol. The predicted molar refractivity (Wildman–Crippen MR) is 133 cm³/mol. The molecule has 0 atom stereocenters. The lowest BCUT2D eigenvalue weighted by Gasteiger charge is -2.42. The Morgan fingerprint density at radius 2 is 1.74 bits per heavy atom. The van der Waals surface area contributed by atoms with E-state index in [2.05, 4.69) is 20.3 Å². The number of H-pyrrole nitrogens is 1. The quantitative estimate of drug-likeness (QED) is 0.523. The van der Waals surface area contributed by atoms with Crippen LogP contribution in [0.1, 0.15) is 34.3 Å². The lowest BCUT2D eigenvalue weighted by atomic mass is 10.0. The number of piperazine rings is 1. The Morgan fingerprint density at radius 1 is 1.00 bits per heavy atom. The van der Waals surface area contributed by atoms with Crippen LogP contribution in [-0.4, -0.2) is 87.4 Å². The molecule has 38 heavy (non-hydrogen) atoms. The summed E-state index contributed by atoms with van der Waals surface area (Å²) in [5.41, 5.74) is 1.50. The van der Waals surface area contributed by atoms with Crippen LogP contribution in [-0.2, 0) is 17.5 Å². The number of alkyl halides is 3. The third-order valence-electron chi connectivity index (χ3n) is 7.11. The van der Waals surface area contributed by atoms with Crippen molar-refractivity contribution in [2.45, 2.75) is 31.7 Å². The van der Waals surface area contributed by atoms with Crippen molar-refractivity contribution in [3.8, 4) is 0 Å². The first kappa shape index (κ1) is 26.2. The van der Waals surface area contributed by atoms with E-state index >= 15 is 0 Å². The van der Waals surface area contributed by atoms with Crippen molar-refractivity contribution in [1.82, 2.24) is 30.1 Å². The zero-order valence-electron chi connectivity index (χ0n) is 20.4. The van der Waals surface area contributed by atoms with Crippen molar-refractivity contribution < 1.29 is 27.5 Å². The number of halogens is 4.